The van der Waals surface area contributed by atoms with Gasteiger partial charge in [-0.3, -0.25) is 0 Å². The lowest BCUT2D eigenvalue weighted by molar-refractivity contribution is -0.180. The molecule has 0 unspecified atom stereocenters. The SMILES string of the molecule is CC1(C)[C@H]2C[C@@H]3OB([C@H]4CCCN4)C[C@]3(C)[C@@H]1C2. The molecule has 2 aliphatic heterocycles. The molecule has 3 aliphatic carbocycles. The first-order chi connectivity index (χ1) is 8.52. The molecule has 2 saturated heterocycles. The lowest BCUT2D eigenvalue weighted by Crippen LogP contribution is -2.60. The molecular weight excluding hydrogens is 221 g/mol. The van der Waals surface area contributed by atoms with E-state index in [0.717, 1.165) is 11.8 Å². The fraction of sp³-hybridized carbons (Fsp3) is 1.00. The molecule has 5 fully saturated rings. The minimum Gasteiger partial charge on any atom is -0.431 e. The van der Waals surface area contributed by atoms with Crippen LogP contribution in [-0.4, -0.2) is 25.5 Å². The third-order valence-electron chi connectivity index (χ3n) is 7.03. The molecule has 0 amide bonds. The Morgan fingerprint density at radius 3 is 2.72 bits per heavy atom. The van der Waals surface area contributed by atoms with E-state index in [0.29, 0.717) is 29.8 Å². The monoisotopic (exact) mass is 247 g/mol. The zero-order valence-corrected chi connectivity index (χ0v) is 12.0. The first-order valence-electron chi connectivity index (χ1n) is 7.90. The number of rotatable bonds is 1. The first-order valence-corrected chi connectivity index (χ1v) is 7.90. The molecule has 2 nitrogen and oxygen atoms in total. The van der Waals surface area contributed by atoms with Crippen LogP contribution in [0.5, 0.6) is 0 Å². The van der Waals surface area contributed by atoms with Gasteiger partial charge in [0.15, 0.2) is 0 Å². The van der Waals surface area contributed by atoms with Crippen molar-refractivity contribution in [1.82, 2.24) is 5.32 Å². The summed E-state index contributed by atoms with van der Waals surface area (Å²) in [5, 5.41) is 3.65. The van der Waals surface area contributed by atoms with Crippen molar-refractivity contribution in [2.75, 3.05) is 6.54 Å². The Labute approximate surface area is 111 Å². The summed E-state index contributed by atoms with van der Waals surface area (Å²) in [5.74, 6) is 2.48. The highest BCUT2D eigenvalue weighted by Gasteiger charge is 2.67. The molecule has 2 bridgehead atoms. The second-order valence-electron chi connectivity index (χ2n) is 8.12. The molecule has 1 N–H and O–H groups in total. The van der Waals surface area contributed by atoms with Crippen LogP contribution in [0.3, 0.4) is 0 Å². The van der Waals surface area contributed by atoms with E-state index in [1.807, 2.05) is 0 Å². The highest BCUT2D eigenvalue weighted by atomic mass is 16.5. The third-order valence-corrected chi connectivity index (χ3v) is 7.03. The van der Waals surface area contributed by atoms with Crippen LogP contribution in [-0.2, 0) is 4.65 Å². The Balaban J connectivity index is 1.57. The minimum atomic E-state index is 0.465. The van der Waals surface area contributed by atoms with Crippen molar-refractivity contribution < 1.29 is 4.65 Å². The van der Waals surface area contributed by atoms with Crippen molar-refractivity contribution in [3.8, 4) is 0 Å². The van der Waals surface area contributed by atoms with Crippen LogP contribution in [0.4, 0.5) is 0 Å². The summed E-state index contributed by atoms with van der Waals surface area (Å²) in [6.45, 7) is 9.21. The Morgan fingerprint density at radius 1 is 1.22 bits per heavy atom. The number of hydrogen-bond acceptors (Lipinski definition) is 2. The molecule has 2 heterocycles. The number of hydrogen-bond donors (Lipinski definition) is 1. The summed E-state index contributed by atoms with van der Waals surface area (Å²) in [6.07, 6.45) is 7.31. The maximum Gasteiger partial charge on any atom is 0.311 e. The molecule has 0 aromatic rings. The predicted molar refractivity (Wildman–Crippen MR) is 74.6 cm³/mol. The van der Waals surface area contributed by atoms with Gasteiger partial charge < -0.3 is 9.97 Å². The van der Waals surface area contributed by atoms with Gasteiger partial charge in [0.05, 0.1) is 0 Å². The van der Waals surface area contributed by atoms with E-state index in [-0.39, 0.29) is 0 Å². The molecule has 5 rings (SSSR count). The fourth-order valence-corrected chi connectivity index (χ4v) is 5.73. The summed E-state index contributed by atoms with van der Waals surface area (Å²) in [6, 6.07) is 0. The van der Waals surface area contributed by atoms with E-state index in [2.05, 4.69) is 26.1 Å². The third kappa shape index (κ3) is 1.33. The highest BCUT2D eigenvalue weighted by molar-refractivity contribution is 6.55. The second-order valence-corrected chi connectivity index (χ2v) is 8.12. The maximum absolute atomic E-state index is 6.48. The molecule has 0 aromatic heterocycles. The van der Waals surface area contributed by atoms with Gasteiger partial charge in [-0.15, -0.1) is 0 Å². The average Bonchev–Trinajstić information content (AvgIpc) is 2.92. The lowest BCUT2D eigenvalue weighted by Gasteiger charge is -2.65. The van der Waals surface area contributed by atoms with Crippen LogP contribution in [0.15, 0.2) is 0 Å². The van der Waals surface area contributed by atoms with Crippen LogP contribution in [0.1, 0.15) is 46.5 Å². The van der Waals surface area contributed by atoms with Crippen LogP contribution < -0.4 is 5.32 Å². The van der Waals surface area contributed by atoms with Crippen molar-refractivity contribution >= 4 is 6.92 Å². The van der Waals surface area contributed by atoms with Crippen molar-refractivity contribution in [2.24, 2.45) is 22.7 Å². The Kier molecular flexibility index (Phi) is 2.32. The van der Waals surface area contributed by atoms with Gasteiger partial charge in [0.25, 0.3) is 0 Å². The molecule has 3 heteroatoms. The zero-order valence-electron chi connectivity index (χ0n) is 12.0. The molecule has 5 atom stereocenters. The van der Waals surface area contributed by atoms with Gasteiger partial charge in [0.2, 0.25) is 0 Å². The van der Waals surface area contributed by atoms with Gasteiger partial charge in [-0.25, -0.2) is 0 Å². The van der Waals surface area contributed by atoms with Gasteiger partial charge in [-0.2, -0.15) is 0 Å². The van der Waals surface area contributed by atoms with Gasteiger partial charge in [0.1, 0.15) is 0 Å². The standard InChI is InChI=1S/C15H26BNO/c1-14(2)10-7-11(14)15(3)9-16(18-12(15)8-10)13-5-4-6-17-13/h10-13,17H,4-9H2,1-3H3/t10-,11-,12+,13-,15-/m1/s1. The molecule has 0 radical (unpaired) electrons. The molecule has 100 valence electrons. The van der Waals surface area contributed by atoms with Gasteiger partial charge in [-0.1, -0.05) is 20.8 Å². The Hall–Kier alpha value is -0.0151. The van der Waals surface area contributed by atoms with E-state index in [1.54, 1.807) is 0 Å². The minimum absolute atomic E-state index is 0.465. The molecule has 0 aromatic carbocycles. The normalized spacial score (nSPS) is 53.2. The molecular formula is C15H26BNO. The lowest BCUT2D eigenvalue weighted by atomic mass is 9.37. The van der Waals surface area contributed by atoms with E-state index >= 15 is 0 Å². The van der Waals surface area contributed by atoms with E-state index in [4.69, 9.17) is 4.65 Å². The average molecular weight is 247 g/mol. The van der Waals surface area contributed by atoms with E-state index < -0.39 is 0 Å². The smallest absolute Gasteiger partial charge is 0.311 e. The largest absolute Gasteiger partial charge is 0.431 e. The summed E-state index contributed by atoms with van der Waals surface area (Å²) in [5.41, 5.74) is 1.04. The predicted octanol–water partition coefficient (Wildman–Crippen LogP) is 2.74. The molecule has 0 spiro atoms. The van der Waals surface area contributed by atoms with Crippen LogP contribution >= 0.6 is 0 Å². The van der Waals surface area contributed by atoms with E-state index in [9.17, 15) is 0 Å². The van der Waals surface area contributed by atoms with Crippen molar-refractivity contribution in [3.63, 3.8) is 0 Å². The van der Waals surface area contributed by atoms with Gasteiger partial charge >= 0.3 is 6.92 Å². The first kappa shape index (κ1) is 11.8. The highest BCUT2D eigenvalue weighted by Crippen LogP contribution is 2.69. The van der Waals surface area contributed by atoms with Crippen molar-refractivity contribution in [3.05, 3.63) is 0 Å². The zero-order chi connectivity index (χ0) is 12.5. The van der Waals surface area contributed by atoms with Crippen molar-refractivity contribution in [2.45, 2.75) is 64.8 Å². The topological polar surface area (TPSA) is 21.3 Å². The number of nitrogens with one attached hydrogen (secondary N) is 1. The second kappa shape index (κ2) is 3.55. The maximum atomic E-state index is 6.48. The quantitative estimate of drug-likeness (QED) is 0.719. The van der Waals surface area contributed by atoms with Crippen LogP contribution in [0.25, 0.3) is 0 Å². The summed E-state index contributed by atoms with van der Waals surface area (Å²) >= 11 is 0. The Bertz CT molecular complexity index is 366. The van der Waals surface area contributed by atoms with Gasteiger partial charge in [-0.05, 0) is 61.2 Å². The molecule has 3 saturated carbocycles. The summed E-state index contributed by atoms with van der Waals surface area (Å²) in [7, 11) is 0. The fourth-order valence-electron chi connectivity index (χ4n) is 5.73. The summed E-state index contributed by atoms with van der Waals surface area (Å²) < 4.78 is 6.48. The summed E-state index contributed by atoms with van der Waals surface area (Å²) in [4.78, 5) is 0. The van der Waals surface area contributed by atoms with Crippen LogP contribution in [0, 0.1) is 22.7 Å². The molecule has 18 heavy (non-hydrogen) atoms. The molecule has 5 aliphatic rings. The van der Waals surface area contributed by atoms with Crippen LogP contribution in [0.2, 0.25) is 6.32 Å². The van der Waals surface area contributed by atoms with Gasteiger partial charge in [0, 0.05) is 12.0 Å². The van der Waals surface area contributed by atoms with E-state index in [1.165, 1.54) is 38.5 Å². The Morgan fingerprint density at radius 2 is 2.06 bits per heavy atom. The van der Waals surface area contributed by atoms with Crippen molar-refractivity contribution in [1.29, 1.82) is 0 Å².